The average Bonchev–Trinajstić information content (AvgIpc) is 3.13. The highest BCUT2D eigenvalue weighted by Crippen LogP contribution is 2.22. The molecular formula is C21H18N4O2. The predicted molar refractivity (Wildman–Crippen MR) is 104 cm³/mol. The van der Waals surface area contributed by atoms with Gasteiger partial charge in [0.2, 0.25) is 5.78 Å². The highest BCUT2D eigenvalue weighted by molar-refractivity contribution is 6.04. The topological polar surface area (TPSA) is 68.5 Å². The van der Waals surface area contributed by atoms with Gasteiger partial charge in [-0.2, -0.15) is 0 Å². The number of rotatable bonds is 5. The summed E-state index contributed by atoms with van der Waals surface area (Å²) in [5.74, 6) is 1.21. The number of fused-ring (bicyclic) bond motifs is 1. The second-order valence-corrected chi connectivity index (χ2v) is 5.95. The zero-order valence-electron chi connectivity index (χ0n) is 14.8. The molecule has 2 heterocycles. The van der Waals surface area contributed by atoms with Gasteiger partial charge in [0.05, 0.1) is 12.3 Å². The van der Waals surface area contributed by atoms with Crippen LogP contribution in [0.15, 0.2) is 73.2 Å². The van der Waals surface area contributed by atoms with Crippen LogP contribution in [0.1, 0.15) is 17.3 Å². The Morgan fingerprint density at radius 2 is 2.00 bits per heavy atom. The summed E-state index contributed by atoms with van der Waals surface area (Å²) < 4.78 is 7.26. The zero-order valence-corrected chi connectivity index (χ0v) is 14.8. The van der Waals surface area contributed by atoms with Gasteiger partial charge < -0.3 is 10.1 Å². The van der Waals surface area contributed by atoms with Crippen molar-refractivity contribution in [3.63, 3.8) is 0 Å². The lowest BCUT2D eigenvalue weighted by Gasteiger charge is -2.08. The van der Waals surface area contributed by atoms with E-state index in [1.54, 1.807) is 30.5 Å². The lowest BCUT2D eigenvalue weighted by Crippen LogP contribution is -2.11. The molecular weight excluding hydrogens is 340 g/mol. The van der Waals surface area contributed by atoms with Gasteiger partial charge in [0, 0.05) is 35.4 Å². The van der Waals surface area contributed by atoms with Crippen LogP contribution in [0.2, 0.25) is 0 Å². The highest BCUT2D eigenvalue weighted by Gasteiger charge is 2.09. The van der Waals surface area contributed by atoms with Crippen molar-refractivity contribution >= 4 is 17.4 Å². The van der Waals surface area contributed by atoms with E-state index >= 15 is 0 Å². The number of aromatic nitrogens is 3. The SMILES string of the molecule is CCOc1ccc(C(=O)Nc2cccc(-c3cn4cccnc4n3)c2)cc1. The van der Waals surface area contributed by atoms with Gasteiger partial charge in [-0.15, -0.1) is 0 Å². The predicted octanol–water partition coefficient (Wildman–Crippen LogP) is 4.05. The quantitative estimate of drug-likeness (QED) is 0.584. The van der Waals surface area contributed by atoms with Crippen molar-refractivity contribution in [2.45, 2.75) is 6.92 Å². The summed E-state index contributed by atoms with van der Waals surface area (Å²) in [6, 6.07) is 16.5. The Balaban J connectivity index is 1.54. The van der Waals surface area contributed by atoms with Gasteiger partial charge >= 0.3 is 0 Å². The standard InChI is InChI=1S/C21H18N4O2/c1-2-27-18-9-7-15(8-10-18)20(26)23-17-6-3-5-16(13-17)19-14-25-12-4-11-22-21(25)24-19/h3-14H,2H2,1H3,(H,23,26). The number of benzene rings is 2. The number of amides is 1. The zero-order chi connectivity index (χ0) is 18.6. The van der Waals surface area contributed by atoms with Crippen molar-refractivity contribution in [1.29, 1.82) is 0 Å². The molecule has 0 bridgehead atoms. The molecule has 134 valence electrons. The molecule has 0 saturated heterocycles. The Bertz CT molecular complexity index is 1050. The van der Waals surface area contributed by atoms with E-state index in [-0.39, 0.29) is 5.91 Å². The van der Waals surface area contributed by atoms with Crippen molar-refractivity contribution in [3.05, 3.63) is 78.8 Å². The fraction of sp³-hybridized carbons (Fsp3) is 0.0952. The monoisotopic (exact) mass is 358 g/mol. The van der Waals surface area contributed by atoms with Crippen molar-refractivity contribution in [2.24, 2.45) is 0 Å². The first-order valence-corrected chi connectivity index (χ1v) is 8.67. The molecule has 4 aromatic rings. The Morgan fingerprint density at radius 1 is 1.15 bits per heavy atom. The van der Waals surface area contributed by atoms with Crippen LogP contribution in [0.5, 0.6) is 5.75 Å². The molecule has 2 aromatic carbocycles. The van der Waals surface area contributed by atoms with Gasteiger partial charge in [-0.05, 0) is 49.4 Å². The molecule has 1 amide bonds. The lowest BCUT2D eigenvalue weighted by atomic mass is 10.1. The number of nitrogens with one attached hydrogen (secondary N) is 1. The largest absolute Gasteiger partial charge is 0.494 e. The number of carbonyl (C=O) groups excluding carboxylic acids is 1. The van der Waals surface area contributed by atoms with Crippen molar-refractivity contribution < 1.29 is 9.53 Å². The van der Waals surface area contributed by atoms with Gasteiger partial charge in [0.25, 0.3) is 5.91 Å². The summed E-state index contributed by atoms with van der Waals surface area (Å²) in [7, 11) is 0. The van der Waals surface area contributed by atoms with Gasteiger partial charge in [-0.3, -0.25) is 9.20 Å². The van der Waals surface area contributed by atoms with Gasteiger partial charge in [-0.25, -0.2) is 9.97 Å². The molecule has 0 radical (unpaired) electrons. The number of nitrogens with zero attached hydrogens (tertiary/aromatic N) is 3. The van der Waals surface area contributed by atoms with Crippen LogP contribution in [0.3, 0.4) is 0 Å². The maximum atomic E-state index is 12.5. The summed E-state index contributed by atoms with van der Waals surface area (Å²) >= 11 is 0. The number of carbonyl (C=O) groups is 1. The van der Waals surface area contributed by atoms with Crippen LogP contribution in [0.4, 0.5) is 5.69 Å². The smallest absolute Gasteiger partial charge is 0.255 e. The summed E-state index contributed by atoms with van der Waals surface area (Å²) in [6.45, 7) is 2.52. The molecule has 0 fully saturated rings. The Kier molecular flexibility index (Phi) is 4.53. The second-order valence-electron chi connectivity index (χ2n) is 5.95. The van der Waals surface area contributed by atoms with E-state index in [0.717, 1.165) is 17.0 Å². The van der Waals surface area contributed by atoms with Gasteiger partial charge in [-0.1, -0.05) is 12.1 Å². The van der Waals surface area contributed by atoms with Crippen LogP contribution in [-0.4, -0.2) is 26.9 Å². The Hall–Kier alpha value is -3.67. The van der Waals surface area contributed by atoms with E-state index in [2.05, 4.69) is 15.3 Å². The molecule has 0 aliphatic rings. The third kappa shape index (κ3) is 3.64. The molecule has 0 atom stereocenters. The fourth-order valence-electron chi connectivity index (χ4n) is 2.80. The number of imidazole rings is 1. The number of hydrogen-bond donors (Lipinski definition) is 1. The van der Waals surface area contributed by atoms with E-state index in [4.69, 9.17) is 4.74 Å². The first-order chi connectivity index (χ1) is 13.2. The molecule has 0 spiro atoms. The van der Waals surface area contributed by atoms with E-state index in [1.165, 1.54) is 0 Å². The first kappa shape index (κ1) is 16.8. The lowest BCUT2D eigenvalue weighted by molar-refractivity contribution is 0.102. The third-order valence-electron chi connectivity index (χ3n) is 4.08. The normalized spacial score (nSPS) is 10.7. The van der Waals surface area contributed by atoms with E-state index < -0.39 is 0 Å². The minimum Gasteiger partial charge on any atom is -0.494 e. The molecule has 0 aliphatic heterocycles. The molecule has 6 heteroatoms. The van der Waals surface area contributed by atoms with Crippen LogP contribution in [0, 0.1) is 0 Å². The van der Waals surface area contributed by atoms with Crippen molar-refractivity contribution in [1.82, 2.24) is 14.4 Å². The first-order valence-electron chi connectivity index (χ1n) is 8.67. The molecule has 4 rings (SSSR count). The van der Waals surface area contributed by atoms with Crippen LogP contribution in [0.25, 0.3) is 17.0 Å². The van der Waals surface area contributed by atoms with Crippen molar-refractivity contribution in [3.8, 4) is 17.0 Å². The summed E-state index contributed by atoms with van der Waals surface area (Å²) in [6.07, 6.45) is 5.52. The van der Waals surface area contributed by atoms with Crippen LogP contribution in [-0.2, 0) is 0 Å². The van der Waals surface area contributed by atoms with E-state index in [1.807, 2.05) is 54.0 Å². The maximum absolute atomic E-state index is 12.5. The number of hydrogen-bond acceptors (Lipinski definition) is 4. The molecule has 0 unspecified atom stereocenters. The van der Waals surface area contributed by atoms with Gasteiger partial charge in [0.15, 0.2) is 0 Å². The van der Waals surface area contributed by atoms with E-state index in [9.17, 15) is 4.79 Å². The Labute approximate surface area is 156 Å². The molecule has 6 nitrogen and oxygen atoms in total. The molecule has 0 aliphatic carbocycles. The summed E-state index contributed by atoms with van der Waals surface area (Å²) in [4.78, 5) is 21.2. The molecule has 1 N–H and O–H groups in total. The van der Waals surface area contributed by atoms with Crippen LogP contribution < -0.4 is 10.1 Å². The minimum atomic E-state index is -0.174. The van der Waals surface area contributed by atoms with E-state index in [0.29, 0.717) is 23.6 Å². The molecule has 2 aromatic heterocycles. The van der Waals surface area contributed by atoms with Crippen molar-refractivity contribution in [2.75, 3.05) is 11.9 Å². The summed E-state index contributed by atoms with van der Waals surface area (Å²) in [5, 5.41) is 2.92. The fourth-order valence-corrected chi connectivity index (χ4v) is 2.80. The minimum absolute atomic E-state index is 0.174. The highest BCUT2D eigenvalue weighted by atomic mass is 16.5. The second kappa shape index (κ2) is 7.29. The molecule has 0 saturated carbocycles. The van der Waals surface area contributed by atoms with Crippen LogP contribution >= 0.6 is 0 Å². The Morgan fingerprint density at radius 3 is 2.78 bits per heavy atom. The maximum Gasteiger partial charge on any atom is 0.255 e. The summed E-state index contributed by atoms with van der Waals surface area (Å²) in [5.41, 5.74) is 2.98. The van der Waals surface area contributed by atoms with Gasteiger partial charge in [0.1, 0.15) is 5.75 Å². The number of ether oxygens (including phenoxy) is 1. The average molecular weight is 358 g/mol. The molecule has 27 heavy (non-hydrogen) atoms. The third-order valence-corrected chi connectivity index (χ3v) is 4.08. The number of anilines is 1.